The van der Waals surface area contributed by atoms with Crippen LogP contribution in [0.4, 0.5) is 0 Å². The van der Waals surface area contributed by atoms with Gasteiger partial charge in [-0.15, -0.1) is 0 Å². The summed E-state index contributed by atoms with van der Waals surface area (Å²) in [6.45, 7) is 3.34. The molecule has 3 N–H and O–H groups in total. The van der Waals surface area contributed by atoms with Gasteiger partial charge >= 0.3 is 0 Å². The van der Waals surface area contributed by atoms with Crippen LogP contribution in [0, 0.1) is 0 Å². The molecule has 0 saturated heterocycles. The summed E-state index contributed by atoms with van der Waals surface area (Å²) in [5.74, 6) is 0.837. The Bertz CT molecular complexity index is 482. The van der Waals surface area contributed by atoms with Crippen LogP contribution in [0.3, 0.4) is 0 Å². The predicted octanol–water partition coefficient (Wildman–Crippen LogP) is 2.16. The van der Waals surface area contributed by atoms with Gasteiger partial charge in [0.05, 0.1) is 18.9 Å². The highest BCUT2D eigenvalue weighted by atomic mass is 16.3. The first kappa shape index (κ1) is 14.8. The number of aliphatic hydroxyl groups is 1. The molecular formula is C16H22N2O2. The molecule has 2 unspecified atom stereocenters. The van der Waals surface area contributed by atoms with Crippen LogP contribution in [0.5, 0.6) is 0 Å². The van der Waals surface area contributed by atoms with Crippen LogP contribution in [0.2, 0.25) is 0 Å². The van der Waals surface area contributed by atoms with Gasteiger partial charge in [0.15, 0.2) is 0 Å². The summed E-state index contributed by atoms with van der Waals surface area (Å²) in [5.41, 5.74) is 7.32. The van der Waals surface area contributed by atoms with Crippen LogP contribution in [0.1, 0.15) is 24.3 Å². The van der Waals surface area contributed by atoms with E-state index in [2.05, 4.69) is 17.0 Å². The van der Waals surface area contributed by atoms with Crippen LogP contribution < -0.4 is 5.73 Å². The second-order valence-corrected chi connectivity index (χ2v) is 5.00. The van der Waals surface area contributed by atoms with Gasteiger partial charge in [0, 0.05) is 19.1 Å². The van der Waals surface area contributed by atoms with Crippen molar-refractivity contribution < 1.29 is 9.52 Å². The van der Waals surface area contributed by atoms with Gasteiger partial charge in [0.25, 0.3) is 0 Å². The van der Waals surface area contributed by atoms with Gasteiger partial charge in [-0.2, -0.15) is 0 Å². The molecule has 2 aromatic rings. The number of hydrogen-bond donors (Lipinski definition) is 2. The molecular weight excluding hydrogens is 252 g/mol. The molecule has 2 rings (SSSR count). The smallest absolute Gasteiger partial charge is 0.122 e. The van der Waals surface area contributed by atoms with Gasteiger partial charge in [0.2, 0.25) is 0 Å². The Kier molecular flexibility index (Phi) is 5.35. The molecule has 0 amide bonds. The molecule has 0 fully saturated rings. The van der Waals surface area contributed by atoms with Gasteiger partial charge in [-0.1, -0.05) is 30.3 Å². The zero-order valence-electron chi connectivity index (χ0n) is 11.8. The molecule has 0 saturated carbocycles. The van der Waals surface area contributed by atoms with Crippen molar-refractivity contribution in [2.75, 3.05) is 13.2 Å². The lowest BCUT2D eigenvalue weighted by Gasteiger charge is -2.32. The summed E-state index contributed by atoms with van der Waals surface area (Å²) in [7, 11) is 0. The Labute approximate surface area is 119 Å². The first-order valence-corrected chi connectivity index (χ1v) is 6.90. The van der Waals surface area contributed by atoms with Crippen molar-refractivity contribution in [3.63, 3.8) is 0 Å². The first-order valence-electron chi connectivity index (χ1n) is 6.90. The molecule has 4 heteroatoms. The number of furan rings is 1. The van der Waals surface area contributed by atoms with Crippen molar-refractivity contribution in [2.24, 2.45) is 5.73 Å². The normalized spacial score (nSPS) is 14.4. The van der Waals surface area contributed by atoms with E-state index in [1.165, 1.54) is 5.56 Å². The minimum atomic E-state index is -0.0867. The van der Waals surface area contributed by atoms with E-state index in [1.54, 1.807) is 6.26 Å². The second-order valence-electron chi connectivity index (χ2n) is 5.00. The molecule has 0 spiro atoms. The monoisotopic (exact) mass is 274 g/mol. The first-order chi connectivity index (χ1) is 9.72. The van der Waals surface area contributed by atoms with Crippen molar-refractivity contribution in [1.82, 2.24) is 4.90 Å². The van der Waals surface area contributed by atoms with Crippen molar-refractivity contribution >= 4 is 0 Å². The molecule has 4 nitrogen and oxygen atoms in total. The molecule has 0 aliphatic heterocycles. The summed E-state index contributed by atoms with van der Waals surface area (Å²) in [6, 6.07) is 13.8. The van der Waals surface area contributed by atoms with E-state index >= 15 is 0 Å². The summed E-state index contributed by atoms with van der Waals surface area (Å²) in [5, 5.41) is 9.33. The molecule has 0 aliphatic rings. The third kappa shape index (κ3) is 3.70. The Morgan fingerprint density at radius 1 is 1.20 bits per heavy atom. The Morgan fingerprint density at radius 3 is 2.50 bits per heavy atom. The molecule has 0 bridgehead atoms. The fourth-order valence-electron chi connectivity index (χ4n) is 2.49. The number of benzene rings is 1. The van der Waals surface area contributed by atoms with Crippen LogP contribution in [0.15, 0.2) is 53.1 Å². The van der Waals surface area contributed by atoms with E-state index in [9.17, 15) is 5.11 Å². The fourth-order valence-corrected chi connectivity index (χ4v) is 2.49. The van der Waals surface area contributed by atoms with E-state index < -0.39 is 0 Å². The van der Waals surface area contributed by atoms with Crippen LogP contribution in [0.25, 0.3) is 0 Å². The average Bonchev–Trinajstić information content (AvgIpc) is 2.93. The van der Waals surface area contributed by atoms with E-state index in [4.69, 9.17) is 10.2 Å². The number of nitrogens with zero attached hydrogens (tertiary/aromatic N) is 1. The fraction of sp³-hybridized carbons (Fsp3) is 0.375. The van der Waals surface area contributed by atoms with Gasteiger partial charge in [-0.05, 0) is 24.6 Å². The SMILES string of the molecule is CC(N)C(c1ccco1)N(CCO)Cc1ccccc1. The molecule has 1 heterocycles. The maximum atomic E-state index is 9.33. The predicted molar refractivity (Wildman–Crippen MR) is 79.0 cm³/mol. The Morgan fingerprint density at radius 2 is 1.95 bits per heavy atom. The average molecular weight is 274 g/mol. The van der Waals surface area contributed by atoms with Crippen LogP contribution in [-0.2, 0) is 6.54 Å². The zero-order valence-corrected chi connectivity index (χ0v) is 11.8. The van der Waals surface area contributed by atoms with Crippen molar-refractivity contribution in [3.05, 3.63) is 60.1 Å². The second kappa shape index (κ2) is 7.24. The Hall–Kier alpha value is -1.62. The van der Waals surface area contributed by atoms with E-state index in [-0.39, 0.29) is 18.7 Å². The Balaban J connectivity index is 2.21. The number of hydrogen-bond acceptors (Lipinski definition) is 4. The highest BCUT2D eigenvalue weighted by Gasteiger charge is 2.26. The summed E-state index contributed by atoms with van der Waals surface area (Å²) in [4.78, 5) is 2.15. The van der Waals surface area contributed by atoms with Gasteiger partial charge < -0.3 is 15.3 Å². The topological polar surface area (TPSA) is 62.6 Å². The summed E-state index contributed by atoms with van der Waals surface area (Å²) < 4.78 is 5.52. The number of rotatable bonds is 7. The third-order valence-electron chi connectivity index (χ3n) is 3.34. The van der Waals surface area contributed by atoms with Crippen LogP contribution >= 0.6 is 0 Å². The largest absolute Gasteiger partial charge is 0.468 e. The highest BCUT2D eigenvalue weighted by Crippen LogP contribution is 2.25. The van der Waals surface area contributed by atoms with E-state index in [0.717, 1.165) is 12.3 Å². The number of nitrogens with two attached hydrogens (primary N) is 1. The molecule has 20 heavy (non-hydrogen) atoms. The van der Waals surface area contributed by atoms with Crippen molar-refractivity contribution in [2.45, 2.75) is 25.6 Å². The lowest BCUT2D eigenvalue weighted by Crippen LogP contribution is -2.40. The quantitative estimate of drug-likeness (QED) is 0.812. The lowest BCUT2D eigenvalue weighted by atomic mass is 10.0. The minimum Gasteiger partial charge on any atom is -0.468 e. The molecule has 0 aliphatic carbocycles. The highest BCUT2D eigenvalue weighted by molar-refractivity contribution is 5.16. The zero-order chi connectivity index (χ0) is 14.4. The minimum absolute atomic E-state index is 0.0441. The molecule has 2 atom stereocenters. The molecule has 0 radical (unpaired) electrons. The van der Waals surface area contributed by atoms with Gasteiger partial charge in [-0.3, -0.25) is 4.90 Å². The third-order valence-corrected chi connectivity index (χ3v) is 3.34. The van der Waals surface area contributed by atoms with Gasteiger partial charge in [0.1, 0.15) is 5.76 Å². The van der Waals surface area contributed by atoms with Gasteiger partial charge in [-0.25, -0.2) is 0 Å². The maximum Gasteiger partial charge on any atom is 0.122 e. The van der Waals surface area contributed by atoms with Crippen molar-refractivity contribution in [3.8, 4) is 0 Å². The maximum absolute atomic E-state index is 9.33. The molecule has 1 aromatic carbocycles. The van der Waals surface area contributed by atoms with Crippen LogP contribution in [-0.4, -0.2) is 29.2 Å². The lowest BCUT2D eigenvalue weighted by molar-refractivity contribution is 0.115. The standard InChI is InChI=1S/C16H22N2O2/c1-13(17)16(15-8-5-11-20-15)18(9-10-19)12-14-6-3-2-4-7-14/h2-8,11,13,16,19H,9-10,12,17H2,1H3. The molecule has 108 valence electrons. The summed E-state index contributed by atoms with van der Waals surface area (Å²) in [6.07, 6.45) is 1.66. The van der Waals surface area contributed by atoms with Crippen molar-refractivity contribution in [1.29, 1.82) is 0 Å². The number of aliphatic hydroxyl groups excluding tert-OH is 1. The van der Waals surface area contributed by atoms with E-state index in [0.29, 0.717) is 6.54 Å². The summed E-state index contributed by atoms with van der Waals surface area (Å²) >= 11 is 0. The van der Waals surface area contributed by atoms with E-state index in [1.807, 2.05) is 37.3 Å². The molecule has 1 aromatic heterocycles.